The van der Waals surface area contributed by atoms with Crippen molar-refractivity contribution in [3.05, 3.63) is 35.4 Å². The van der Waals surface area contributed by atoms with Gasteiger partial charge in [-0.25, -0.2) is 8.78 Å². The molecule has 1 N–H and O–H groups in total. The van der Waals surface area contributed by atoms with Gasteiger partial charge in [0.05, 0.1) is 13.0 Å². The zero-order valence-electron chi connectivity index (χ0n) is 13.2. The second-order valence-electron chi connectivity index (χ2n) is 7.15. The number of nitrogens with zero attached hydrogens (tertiary/aromatic N) is 1. The smallest absolute Gasteiger partial charge is 0.227 e. The summed E-state index contributed by atoms with van der Waals surface area (Å²) in [5.41, 5.74) is 0.305. The zero-order valence-corrected chi connectivity index (χ0v) is 13.2. The van der Waals surface area contributed by atoms with Crippen LogP contribution < -0.4 is 0 Å². The fraction of sp³-hybridized carbons (Fsp3) is 0.611. The predicted octanol–water partition coefficient (Wildman–Crippen LogP) is 2.91. The summed E-state index contributed by atoms with van der Waals surface area (Å²) in [5, 5.41) is 9.85. The molecule has 0 spiro atoms. The highest BCUT2D eigenvalue weighted by atomic mass is 19.2. The number of carbonyl (C=O) groups excluding carboxylic acids is 1. The summed E-state index contributed by atoms with van der Waals surface area (Å²) in [4.78, 5) is 14.3. The first-order valence-electron chi connectivity index (χ1n) is 8.34. The molecular weight excluding hydrogens is 300 g/mol. The molecule has 2 fully saturated rings. The van der Waals surface area contributed by atoms with Crippen LogP contribution in [0.4, 0.5) is 8.78 Å². The molecule has 23 heavy (non-hydrogen) atoms. The summed E-state index contributed by atoms with van der Waals surface area (Å²) in [7, 11) is 0. The van der Waals surface area contributed by atoms with E-state index in [1.165, 1.54) is 18.9 Å². The molecule has 1 aromatic carbocycles. The van der Waals surface area contributed by atoms with Crippen LogP contribution in [0, 0.1) is 23.0 Å². The maximum Gasteiger partial charge on any atom is 0.227 e. The summed E-state index contributed by atoms with van der Waals surface area (Å²) >= 11 is 0. The summed E-state index contributed by atoms with van der Waals surface area (Å²) in [6, 6.07) is 3.59. The Morgan fingerprint density at radius 1 is 1.30 bits per heavy atom. The van der Waals surface area contributed by atoms with Crippen LogP contribution >= 0.6 is 0 Å². The lowest BCUT2D eigenvalue weighted by molar-refractivity contribution is -0.135. The van der Waals surface area contributed by atoms with Gasteiger partial charge in [0, 0.05) is 18.5 Å². The van der Waals surface area contributed by atoms with E-state index in [9.17, 15) is 18.7 Å². The van der Waals surface area contributed by atoms with Gasteiger partial charge in [0.15, 0.2) is 11.6 Å². The largest absolute Gasteiger partial charge is 0.396 e. The molecule has 5 heteroatoms. The molecular formula is C18H23F2NO2. The third-order valence-electron chi connectivity index (χ3n) is 5.11. The van der Waals surface area contributed by atoms with Crippen LogP contribution in [0.1, 0.15) is 37.7 Å². The van der Waals surface area contributed by atoms with Crippen LogP contribution in [0.15, 0.2) is 18.2 Å². The van der Waals surface area contributed by atoms with Crippen molar-refractivity contribution in [3.8, 4) is 0 Å². The molecule has 0 aromatic heterocycles. The SMILES string of the molecule is O=C(Cc1ccc(F)c(F)c1)N1CCC[C@@](CO)(CC2CC2)C1. The third-order valence-corrected chi connectivity index (χ3v) is 5.11. The van der Waals surface area contributed by atoms with Crippen molar-refractivity contribution < 1.29 is 18.7 Å². The van der Waals surface area contributed by atoms with Crippen molar-refractivity contribution in [3.63, 3.8) is 0 Å². The maximum absolute atomic E-state index is 13.3. The van der Waals surface area contributed by atoms with E-state index in [2.05, 4.69) is 0 Å². The minimum absolute atomic E-state index is 0.0716. The number of benzene rings is 1. The van der Waals surface area contributed by atoms with Crippen LogP contribution in [-0.2, 0) is 11.2 Å². The van der Waals surface area contributed by atoms with E-state index in [0.717, 1.165) is 31.4 Å². The van der Waals surface area contributed by atoms with Gasteiger partial charge in [-0.15, -0.1) is 0 Å². The fourth-order valence-corrected chi connectivity index (χ4v) is 3.65. The number of carbonyl (C=O) groups is 1. The van der Waals surface area contributed by atoms with Gasteiger partial charge in [0.25, 0.3) is 0 Å². The first-order chi connectivity index (χ1) is 11.0. The third kappa shape index (κ3) is 3.89. The van der Waals surface area contributed by atoms with Crippen LogP contribution in [0.3, 0.4) is 0 Å². The summed E-state index contributed by atoms with van der Waals surface area (Å²) in [6.45, 7) is 1.36. The topological polar surface area (TPSA) is 40.5 Å². The minimum Gasteiger partial charge on any atom is -0.396 e. The maximum atomic E-state index is 13.3. The molecule has 1 aliphatic heterocycles. The molecule has 1 aromatic rings. The van der Waals surface area contributed by atoms with Crippen LogP contribution in [-0.4, -0.2) is 35.6 Å². The van der Waals surface area contributed by atoms with E-state index in [0.29, 0.717) is 24.6 Å². The molecule has 0 unspecified atom stereocenters. The van der Waals surface area contributed by atoms with Gasteiger partial charge in [-0.05, 0) is 42.9 Å². The van der Waals surface area contributed by atoms with Crippen molar-refractivity contribution in [2.45, 2.75) is 38.5 Å². The Morgan fingerprint density at radius 2 is 2.09 bits per heavy atom. The van der Waals surface area contributed by atoms with E-state index in [-0.39, 0.29) is 24.3 Å². The molecule has 1 saturated carbocycles. The van der Waals surface area contributed by atoms with Gasteiger partial charge in [0.2, 0.25) is 5.91 Å². The van der Waals surface area contributed by atoms with Gasteiger partial charge < -0.3 is 10.0 Å². The predicted molar refractivity (Wildman–Crippen MR) is 82.7 cm³/mol. The molecule has 0 radical (unpaired) electrons. The molecule has 3 nitrogen and oxygen atoms in total. The van der Waals surface area contributed by atoms with Crippen molar-refractivity contribution in [1.29, 1.82) is 0 Å². The lowest BCUT2D eigenvalue weighted by atomic mass is 9.76. The highest BCUT2D eigenvalue weighted by Crippen LogP contribution is 2.44. The second kappa shape index (κ2) is 6.56. The van der Waals surface area contributed by atoms with Crippen molar-refractivity contribution in [1.82, 2.24) is 4.90 Å². The highest BCUT2D eigenvalue weighted by Gasteiger charge is 2.40. The quantitative estimate of drug-likeness (QED) is 0.905. The summed E-state index contributed by atoms with van der Waals surface area (Å²) in [5.74, 6) is -1.21. The van der Waals surface area contributed by atoms with Crippen LogP contribution in [0.5, 0.6) is 0 Å². The minimum atomic E-state index is -0.924. The van der Waals surface area contributed by atoms with Gasteiger partial charge in [-0.1, -0.05) is 18.9 Å². The first kappa shape index (κ1) is 16.4. The Balaban J connectivity index is 1.65. The highest BCUT2D eigenvalue weighted by molar-refractivity contribution is 5.79. The Morgan fingerprint density at radius 3 is 2.74 bits per heavy atom. The molecule has 1 atom stereocenters. The van der Waals surface area contributed by atoms with Crippen LogP contribution in [0.25, 0.3) is 0 Å². The molecule has 2 aliphatic rings. The van der Waals surface area contributed by atoms with E-state index >= 15 is 0 Å². The van der Waals surface area contributed by atoms with E-state index in [1.54, 1.807) is 4.90 Å². The average molecular weight is 323 g/mol. The molecule has 126 valence electrons. The number of likely N-dealkylation sites (tertiary alicyclic amines) is 1. The Labute approximate surface area is 135 Å². The zero-order chi connectivity index (χ0) is 16.4. The van der Waals surface area contributed by atoms with E-state index < -0.39 is 11.6 Å². The molecule has 1 amide bonds. The lowest BCUT2D eigenvalue weighted by Gasteiger charge is -2.42. The molecule has 0 bridgehead atoms. The van der Waals surface area contributed by atoms with E-state index in [1.807, 2.05) is 0 Å². The Bertz CT molecular complexity index is 588. The molecule has 3 rings (SSSR count). The second-order valence-corrected chi connectivity index (χ2v) is 7.15. The van der Waals surface area contributed by atoms with E-state index in [4.69, 9.17) is 0 Å². The van der Waals surface area contributed by atoms with Gasteiger partial charge in [0.1, 0.15) is 0 Å². The summed E-state index contributed by atoms with van der Waals surface area (Å²) in [6.07, 6.45) is 5.35. The molecule has 1 heterocycles. The Kier molecular flexibility index (Phi) is 4.67. The van der Waals surface area contributed by atoms with Crippen LogP contribution in [0.2, 0.25) is 0 Å². The first-order valence-corrected chi connectivity index (χ1v) is 8.34. The van der Waals surface area contributed by atoms with Crippen molar-refractivity contribution in [2.75, 3.05) is 19.7 Å². The number of amides is 1. The number of aliphatic hydroxyl groups is 1. The number of hydrogen-bond acceptors (Lipinski definition) is 2. The van der Waals surface area contributed by atoms with Gasteiger partial charge in [-0.2, -0.15) is 0 Å². The Hall–Kier alpha value is -1.49. The van der Waals surface area contributed by atoms with Crippen molar-refractivity contribution in [2.24, 2.45) is 11.3 Å². The summed E-state index contributed by atoms with van der Waals surface area (Å²) < 4.78 is 26.2. The monoisotopic (exact) mass is 323 g/mol. The fourth-order valence-electron chi connectivity index (χ4n) is 3.65. The van der Waals surface area contributed by atoms with Gasteiger partial charge >= 0.3 is 0 Å². The molecule has 1 saturated heterocycles. The normalized spacial score (nSPS) is 24.7. The average Bonchev–Trinajstić information content (AvgIpc) is 3.35. The molecule has 1 aliphatic carbocycles. The van der Waals surface area contributed by atoms with Crippen molar-refractivity contribution >= 4 is 5.91 Å². The number of rotatable bonds is 5. The van der Waals surface area contributed by atoms with Gasteiger partial charge in [-0.3, -0.25) is 4.79 Å². The number of hydrogen-bond donors (Lipinski definition) is 1. The number of halogens is 2. The standard InChI is InChI=1S/C18H23F2NO2/c19-15-5-4-14(8-16(15)20)9-17(23)21-7-1-6-18(11-21,12-22)10-13-2-3-13/h4-5,8,13,22H,1-3,6-7,9-12H2/t18-/m1/s1. The number of aliphatic hydroxyl groups excluding tert-OH is 1. The number of piperidine rings is 1. The lowest BCUT2D eigenvalue weighted by Crippen LogP contribution is -2.48.